The number of rotatable bonds is 4. The molecule has 0 unspecified atom stereocenters. The van der Waals surface area contributed by atoms with E-state index in [4.69, 9.17) is 16.6 Å². The van der Waals surface area contributed by atoms with Crippen molar-refractivity contribution in [1.82, 2.24) is 4.90 Å². The first kappa shape index (κ1) is 18.8. The molecule has 2 aromatic carbocycles. The zero-order chi connectivity index (χ0) is 18.4. The van der Waals surface area contributed by atoms with E-state index < -0.39 is 0 Å². The van der Waals surface area contributed by atoms with Gasteiger partial charge in [0.05, 0.1) is 11.4 Å². The van der Waals surface area contributed by atoms with E-state index in [1.165, 1.54) is 24.6 Å². The van der Waals surface area contributed by atoms with Gasteiger partial charge in [-0.1, -0.05) is 47.6 Å². The van der Waals surface area contributed by atoms with Crippen molar-refractivity contribution in [3.63, 3.8) is 0 Å². The molecule has 1 aliphatic rings. The van der Waals surface area contributed by atoms with Gasteiger partial charge in [0.15, 0.2) is 5.17 Å². The zero-order valence-corrected chi connectivity index (χ0v) is 16.3. The minimum atomic E-state index is -0.0553. The van der Waals surface area contributed by atoms with Crippen LogP contribution in [0.25, 0.3) is 0 Å². The fraction of sp³-hybridized carbons (Fsp3) is 0.300. The molecule has 1 saturated heterocycles. The van der Waals surface area contributed by atoms with Crippen molar-refractivity contribution in [2.24, 2.45) is 4.99 Å². The summed E-state index contributed by atoms with van der Waals surface area (Å²) < 4.78 is 0. The first-order valence-corrected chi connectivity index (χ1v) is 10.1. The predicted octanol–water partition coefficient (Wildman–Crippen LogP) is 5.10. The lowest BCUT2D eigenvalue weighted by Gasteiger charge is -2.19. The Bertz CT molecular complexity index is 789. The van der Waals surface area contributed by atoms with E-state index in [1.54, 1.807) is 0 Å². The third-order valence-corrected chi connectivity index (χ3v) is 5.66. The number of halogens is 1. The van der Waals surface area contributed by atoms with Crippen molar-refractivity contribution >= 4 is 45.8 Å². The molecular formula is C20H22ClN3OS. The maximum atomic E-state index is 12.4. The maximum absolute atomic E-state index is 12.4. The topological polar surface area (TPSA) is 44.7 Å². The number of hydrogen-bond acceptors (Lipinski definition) is 3. The average molecular weight is 388 g/mol. The van der Waals surface area contributed by atoms with Gasteiger partial charge in [0.1, 0.15) is 0 Å². The van der Waals surface area contributed by atoms with Crippen LogP contribution in [-0.4, -0.2) is 34.8 Å². The number of carbonyl (C=O) groups excluding carboxylic acids is 1. The van der Waals surface area contributed by atoms with Gasteiger partial charge in [-0.15, -0.1) is 0 Å². The normalized spacial score (nSPS) is 14.5. The lowest BCUT2D eigenvalue weighted by atomic mass is 10.2. The number of benzene rings is 2. The molecule has 0 saturated carbocycles. The number of nitrogens with one attached hydrogen (secondary N) is 1. The number of para-hydroxylation sites is 1. The number of nitrogens with zero attached hydrogens (tertiary/aromatic N) is 2. The van der Waals surface area contributed by atoms with Crippen molar-refractivity contribution in [2.45, 2.75) is 19.8 Å². The van der Waals surface area contributed by atoms with Crippen molar-refractivity contribution in [1.29, 1.82) is 0 Å². The number of aliphatic imine (C=N–C) groups is 1. The number of amidine groups is 1. The molecule has 1 amide bonds. The van der Waals surface area contributed by atoms with Crippen LogP contribution in [0.2, 0.25) is 5.02 Å². The summed E-state index contributed by atoms with van der Waals surface area (Å²) in [5.74, 6) is 0.258. The van der Waals surface area contributed by atoms with Crippen LogP contribution in [0, 0.1) is 6.92 Å². The predicted molar refractivity (Wildman–Crippen MR) is 112 cm³/mol. The van der Waals surface area contributed by atoms with E-state index in [9.17, 15) is 4.79 Å². The molecule has 0 atom stereocenters. The van der Waals surface area contributed by atoms with Crippen molar-refractivity contribution < 1.29 is 4.79 Å². The van der Waals surface area contributed by atoms with Gasteiger partial charge in [-0.05, 0) is 49.6 Å². The minimum absolute atomic E-state index is 0.0553. The fourth-order valence-corrected chi connectivity index (χ4v) is 3.82. The van der Waals surface area contributed by atoms with Crippen LogP contribution in [-0.2, 0) is 4.79 Å². The van der Waals surface area contributed by atoms with Gasteiger partial charge >= 0.3 is 0 Å². The van der Waals surface area contributed by atoms with Gasteiger partial charge in [-0.2, -0.15) is 0 Å². The molecule has 0 spiro atoms. The Balaban J connectivity index is 1.66. The van der Waals surface area contributed by atoms with Crippen LogP contribution in [0.5, 0.6) is 0 Å². The van der Waals surface area contributed by atoms with Gasteiger partial charge in [-0.25, -0.2) is 4.99 Å². The van der Waals surface area contributed by atoms with E-state index in [0.29, 0.717) is 10.8 Å². The summed E-state index contributed by atoms with van der Waals surface area (Å²) in [4.78, 5) is 19.4. The fourth-order valence-electron chi connectivity index (χ4n) is 2.77. The quantitative estimate of drug-likeness (QED) is 0.586. The lowest BCUT2D eigenvalue weighted by Crippen LogP contribution is -2.27. The average Bonchev–Trinajstić information content (AvgIpc) is 3.18. The van der Waals surface area contributed by atoms with Crippen molar-refractivity contribution in [3.05, 3.63) is 59.1 Å². The SMILES string of the molecule is Cc1c(Cl)cccc1NC(=O)CSC(=Nc1ccccc1)N1CCCC1. The van der Waals surface area contributed by atoms with Crippen LogP contribution >= 0.6 is 23.4 Å². The Kier molecular flexibility index (Phi) is 6.58. The summed E-state index contributed by atoms with van der Waals surface area (Å²) in [5.41, 5.74) is 2.55. The molecule has 1 heterocycles. The number of amides is 1. The Morgan fingerprint density at radius 2 is 1.88 bits per heavy atom. The highest BCUT2D eigenvalue weighted by Crippen LogP contribution is 2.24. The van der Waals surface area contributed by atoms with E-state index in [0.717, 1.165) is 35.2 Å². The van der Waals surface area contributed by atoms with Crippen LogP contribution in [0.1, 0.15) is 18.4 Å². The molecule has 6 heteroatoms. The van der Waals surface area contributed by atoms with Crippen LogP contribution < -0.4 is 5.32 Å². The lowest BCUT2D eigenvalue weighted by molar-refractivity contribution is -0.113. The Labute approximate surface area is 163 Å². The molecule has 26 heavy (non-hydrogen) atoms. The number of hydrogen-bond donors (Lipinski definition) is 1. The molecule has 136 valence electrons. The summed E-state index contributed by atoms with van der Waals surface area (Å²) in [6.07, 6.45) is 2.34. The van der Waals surface area contributed by atoms with E-state index >= 15 is 0 Å². The summed E-state index contributed by atoms with van der Waals surface area (Å²) >= 11 is 7.60. The highest BCUT2D eigenvalue weighted by molar-refractivity contribution is 8.14. The van der Waals surface area contributed by atoms with E-state index in [-0.39, 0.29) is 5.91 Å². The van der Waals surface area contributed by atoms with Crippen LogP contribution in [0.3, 0.4) is 0 Å². The zero-order valence-electron chi connectivity index (χ0n) is 14.7. The minimum Gasteiger partial charge on any atom is -0.351 e. The highest BCUT2D eigenvalue weighted by Gasteiger charge is 2.18. The van der Waals surface area contributed by atoms with Gasteiger partial charge < -0.3 is 10.2 Å². The van der Waals surface area contributed by atoms with Gasteiger partial charge in [-0.3, -0.25) is 4.79 Å². The third-order valence-electron chi connectivity index (χ3n) is 4.23. The van der Waals surface area contributed by atoms with Gasteiger partial charge in [0.25, 0.3) is 0 Å². The second-order valence-corrected chi connectivity index (χ2v) is 7.52. The molecule has 0 aliphatic carbocycles. The largest absolute Gasteiger partial charge is 0.351 e. The first-order valence-electron chi connectivity index (χ1n) is 8.70. The van der Waals surface area contributed by atoms with E-state index in [1.807, 2.05) is 55.5 Å². The molecule has 4 nitrogen and oxygen atoms in total. The Morgan fingerprint density at radius 3 is 2.62 bits per heavy atom. The Morgan fingerprint density at radius 1 is 1.15 bits per heavy atom. The maximum Gasteiger partial charge on any atom is 0.234 e. The Hall–Kier alpha value is -1.98. The molecular weight excluding hydrogens is 366 g/mol. The second-order valence-electron chi connectivity index (χ2n) is 6.17. The van der Waals surface area contributed by atoms with Gasteiger partial charge in [0, 0.05) is 23.8 Å². The summed E-state index contributed by atoms with van der Waals surface area (Å²) in [6.45, 7) is 3.89. The number of likely N-dealkylation sites (tertiary alicyclic amines) is 1. The highest BCUT2D eigenvalue weighted by atomic mass is 35.5. The summed E-state index contributed by atoms with van der Waals surface area (Å²) in [6, 6.07) is 15.4. The smallest absolute Gasteiger partial charge is 0.234 e. The second kappa shape index (κ2) is 9.10. The molecule has 2 aromatic rings. The third kappa shape index (κ3) is 5.02. The number of thioether (sulfide) groups is 1. The number of anilines is 1. The van der Waals surface area contributed by atoms with Crippen molar-refractivity contribution in [3.8, 4) is 0 Å². The number of carbonyl (C=O) groups is 1. The molecule has 1 N–H and O–H groups in total. The molecule has 0 bridgehead atoms. The molecule has 0 radical (unpaired) electrons. The van der Waals surface area contributed by atoms with E-state index in [2.05, 4.69) is 10.2 Å². The molecule has 0 aromatic heterocycles. The molecule has 3 rings (SSSR count). The van der Waals surface area contributed by atoms with Gasteiger partial charge in [0.2, 0.25) is 5.91 Å². The van der Waals surface area contributed by atoms with Crippen LogP contribution in [0.15, 0.2) is 53.5 Å². The van der Waals surface area contributed by atoms with Crippen LogP contribution in [0.4, 0.5) is 11.4 Å². The standard InChI is InChI=1S/C20H22ClN3OS/c1-15-17(21)10-7-11-18(15)23-19(25)14-26-20(24-12-5-6-13-24)22-16-8-3-2-4-9-16/h2-4,7-11H,5-6,12-14H2,1H3,(H,23,25). The molecule has 1 fully saturated rings. The molecule has 1 aliphatic heterocycles. The monoisotopic (exact) mass is 387 g/mol. The van der Waals surface area contributed by atoms with Crippen molar-refractivity contribution in [2.75, 3.05) is 24.2 Å². The summed E-state index contributed by atoms with van der Waals surface area (Å²) in [7, 11) is 0. The summed E-state index contributed by atoms with van der Waals surface area (Å²) in [5, 5.41) is 4.50. The first-order chi connectivity index (χ1) is 12.6.